The maximum Gasteiger partial charge on any atom is 0.244 e. The van der Waals surface area contributed by atoms with Crippen molar-refractivity contribution < 1.29 is 14.6 Å². The molecule has 27 heavy (non-hydrogen) atoms. The van der Waals surface area contributed by atoms with E-state index in [9.17, 15) is 9.90 Å². The molecule has 1 amide bonds. The minimum absolute atomic E-state index is 0.0227. The number of aliphatic hydroxyl groups is 1. The smallest absolute Gasteiger partial charge is 0.244 e. The van der Waals surface area contributed by atoms with Crippen molar-refractivity contribution in [1.82, 2.24) is 14.7 Å². The molecule has 0 spiro atoms. The Morgan fingerprint density at radius 2 is 2.00 bits per heavy atom. The van der Waals surface area contributed by atoms with E-state index in [1.165, 1.54) is 5.56 Å². The molecule has 6 heteroatoms. The molecule has 1 aromatic carbocycles. The Labute approximate surface area is 160 Å². The van der Waals surface area contributed by atoms with Gasteiger partial charge in [-0.05, 0) is 69.9 Å². The number of likely N-dealkylation sites (tertiary alicyclic amines) is 1. The molecule has 2 aromatic rings. The van der Waals surface area contributed by atoms with Gasteiger partial charge in [-0.15, -0.1) is 0 Å². The van der Waals surface area contributed by atoms with Crippen LogP contribution in [-0.2, 0) is 11.3 Å². The van der Waals surface area contributed by atoms with E-state index in [1.54, 1.807) is 9.58 Å². The standard InChI is InChI=1S/C21H29N3O3/c1-15-6-7-19(10-16(15)2)27-14-21(26)8-5-9-23(13-21)20(25)12-24-18(4)11-17(3)22-24/h6-7,10-11,26H,5,8-9,12-14H2,1-4H3. The van der Waals surface area contributed by atoms with Crippen LogP contribution in [-0.4, -0.2) is 51.0 Å². The zero-order chi connectivity index (χ0) is 19.6. The van der Waals surface area contributed by atoms with Gasteiger partial charge in [-0.2, -0.15) is 5.10 Å². The Kier molecular flexibility index (Phi) is 5.56. The maximum atomic E-state index is 12.7. The van der Waals surface area contributed by atoms with Crippen LogP contribution in [0.25, 0.3) is 0 Å². The van der Waals surface area contributed by atoms with Gasteiger partial charge in [0.25, 0.3) is 0 Å². The molecule has 0 bridgehead atoms. The first-order chi connectivity index (χ1) is 12.8. The summed E-state index contributed by atoms with van der Waals surface area (Å²) in [6, 6.07) is 7.87. The number of aryl methyl sites for hydroxylation is 4. The van der Waals surface area contributed by atoms with Gasteiger partial charge in [-0.3, -0.25) is 9.48 Å². The molecule has 1 aliphatic rings. The summed E-state index contributed by atoms with van der Waals surface area (Å²) in [7, 11) is 0. The third-order valence-corrected chi connectivity index (χ3v) is 5.28. The highest BCUT2D eigenvalue weighted by Gasteiger charge is 2.36. The Bertz CT molecular complexity index is 830. The molecule has 3 rings (SSSR count). The molecule has 1 N–H and O–H groups in total. The quantitative estimate of drug-likeness (QED) is 0.877. The summed E-state index contributed by atoms with van der Waals surface area (Å²) < 4.78 is 7.57. The molecular weight excluding hydrogens is 342 g/mol. The van der Waals surface area contributed by atoms with Crippen LogP contribution in [0.3, 0.4) is 0 Å². The number of amides is 1. The van der Waals surface area contributed by atoms with Crippen molar-refractivity contribution in [2.24, 2.45) is 0 Å². The molecule has 0 saturated carbocycles. The van der Waals surface area contributed by atoms with Crippen molar-refractivity contribution in [1.29, 1.82) is 0 Å². The Morgan fingerprint density at radius 3 is 2.67 bits per heavy atom. The first-order valence-corrected chi connectivity index (χ1v) is 9.47. The zero-order valence-electron chi connectivity index (χ0n) is 16.7. The van der Waals surface area contributed by atoms with E-state index < -0.39 is 5.60 Å². The Morgan fingerprint density at radius 1 is 1.22 bits per heavy atom. The van der Waals surface area contributed by atoms with Crippen LogP contribution < -0.4 is 4.74 Å². The fourth-order valence-electron chi connectivity index (χ4n) is 3.53. The largest absolute Gasteiger partial charge is 0.491 e. The fourth-order valence-corrected chi connectivity index (χ4v) is 3.53. The van der Waals surface area contributed by atoms with Crippen LogP contribution >= 0.6 is 0 Å². The molecule has 146 valence electrons. The van der Waals surface area contributed by atoms with Crippen LogP contribution in [0.1, 0.15) is 35.4 Å². The number of aromatic nitrogens is 2. The summed E-state index contributed by atoms with van der Waals surface area (Å²) in [5, 5.41) is 15.3. The van der Waals surface area contributed by atoms with Crippen molar-refractivity contribution >= 4 is 5.91 Å². The number of β-amino-alcohol motifs (C(OH)–C–C–N with tert-alkyl or cyclic N) is 1. The normalized spacial score (nSPS) is 20.0. The van der Waals surface area contributed by atoms with Crippen LogP contribution in [0.2, 0.25) is 0 Å². The van der Waals surface area contributed by atoms with Crippen molar-refractivity contribution in [3.05, 3.63) is 46.8 Å². The van der Waals surface area contributed by atoms with E-state index in [0.717, 1.165) is 29.1 Å². The molecular formula is C21H29N3O3. The van der Waals surface area contributed by atoms with Crippen molar-refractivity contribution in [2.75, 3.05) is 19.7 Å². The van der Waals surface area contributed by atoms with Gasteiger partial charge < -0.3 is 14.7 Å². The molecule has 1 saturated heterocycles. The lowest BCUT2D eigenvalue weighted by Crippen LogP contribution is -2.54. The molecule has 2 heterocycles. The number of rotatable bonds is 5. The number of nitrogens with zero attached hydrogens (tertiary/aromatic N) is 3. The molecule has 1 aromatic heterocycles. The molecule has 1 aliphatic heterocycles. The molecule has 1 atom stereocenters. The van der Waals surface area contributed by atoms with E-state index >= 15 is 0 Å². The molecule has 0 aliphatic carbocycles. The summed E-state index contributed by atoms with van der Waals surface area (Å²) in [5.74, 6) is 0.725. The second kappa shape index (κ2) is 7.72. The van der Waals surface area contributed by atoms with Gasteiger partial charge in [0.05, 0.1) is 12.2 Å². The van der Waals surface area contributed by atoms with Crippen LogP contribution in [0.5, 0.6) is 5.75 Å². The Hall–Kier alpha value is -2.34. The predicted octanol–water partition coefficient (Wildman–Crippen LogP) is 2.55. The van der Waals surface area contributed by atoms with Gasteiger partial charge in [0, 0.05) is 12.2 Å². The third-order valence-electron chi connectivity index (χ3n) is 5.28. The summed E-state index contributed by atoms with van der Waals surface area (Å²) in [6.07, 6.45) is 1.39. The average Bonchev–Trinajstić information content (AvgIpc) is 2.93. The molecule has 0 radical (unpaired) electrons. The monoisotopic (exact) mass is 371 g/mol. The van der Waals surface area contributed by atoms with E-state index in [0.29, 0.717) is 13.0 Å². The second-order valence-corrected chi connectivity index (χ2v) is 7.76. The number of hydrogen-bond acceptors (Lipinski definition) is 4. The van der Waals surface area contributed by atoms with Gasteiger partial charge in [-0.1, -0.05) is 6.07 Å². The molecule has 6 nitrogen and oxygen atoms in total. The van der Waals surface area contributed by atoms with E-state index in [2.05, 4.69) is 12.0 Å². The topological polar surface area (TPSA) is 67.6 Å². The highest BCUT2D eigenvalue weighted by molar-refractivity contribution is 5.76. The maximum absolute atomic E-state index is 12.7. The van der Waals surface area contributed by atoms with Crippen LogP contribution in [0.15, 0.2) is 24.3 Å². The lowest BCUT2D eigenvalue weighted by atomic mass is 9.93. The number of benzene rings is 1. The van der Waals surface area contributed by atoms with Gasteiger partial charge >= 0.3 is 0 Å². The minimum Gasteiger partial charge on any atom is -0.491 e. The first-order valence-electron chi connectivity index (χ1n) is 9.47. The van der Waals surface area contributed by atoms with E-state index in [-0.39, 0.29) is 25.6 Å². The predicted molar refractivity (Wildman–Crippen MR) is 104 cm³/mol. The third kappa shape index (κ3) is 4.69. The van der Waals surface area contributed by atoms with Crippen LogP contribution in [0, 0.1) is 27.7 Å². The lowest BCUT2D eigenvalue weighted by Gasteiger charge is -2.39. The number of piperidine rings is 1. The van der Waals surface area contributed by atoms with Gasteiger partial charge in [0.1, 0.15) is 24.5 Å². The fraction of sp³-hybridized carbons (Fsp3) is 0.524. The average molecular weight is 371 g/mol. The lowest BCUT2D eigenvalue weighted by molar-refractivity contribution is -0.141. The minimum atomic E-state index is -1.03. The number of carbonyl (C=O) groups excluding carboxylic acids is 1. The van der Waals surface area contributed by atoms with E-state index in [1.807, 2.05) is 45.0 Å². The summed E-state index contributed by atoms with van der Waals surface area (Å²) in [5.41, 5.74) is 3.20. The summed E-state index contributed by atoms with van der Waals surface area (Å²) in [4.78, 5) is 14.4. The highest BCUT2D eigenvalue weighted by Crippen LogP contribution is 2.24. The molecule has 1 unspecified atom stereocenters. The second-order valence-electron chi connectivity index (χ2n) is 7.76. The first kappa shape index (κ1) is 19.4. The number of carbonyl (C=O) groups is 1. The zero-order valence-corrected chi connectivity index (χ0v) is 16.7. The van der Waals surface area contributed by atoms with Crippen molar-refractivity contribution in [3.8, 4) is 5.75 Å². The SMILES string of the molecule is Cc1cc(C)n(CC(=O)N2CCCC(O)(COc3ccc(C)c(C)c3)C2)n1. The van der Waals surface area contributed by atoms with Crippen molar-refractivity contribution in [2.45, 2.75) is 52.7 Å². The van der Waals surface area contributed by atoms with Crippen LogP contribution in [0.4, 0.5) is 0 Å². The van der Waals surface area contributed by atoms with Gasteiger partial charge in [0.2, 0.25) is 5.91 Å². The highest BCUT2D eigenvalue weighted by atomic mass is 16.5. The molecule has 1 fully saturated rings. The van der Waals surface area contributed by atoms with E-state index in [4.69, 9.17) is 4.74 Å². The summed E-state index contributed by atoms with van der Waals surface area (Å²) in [6.45, 7) is 9.28. The number of hydrogen-bond donors (Lipinski definition) is 1. The van der Waals surface area contributed by atoms with Gasteiger partial charge in [0.15, 0.2) is 0 Å². The summed E-state index contributed by atoms with van der Waals surface area (Å²) >= 11 is 0. The van der Waals surface area contributed by atoms with Crippen molar-refractivity contribution in [3.63, 3.8) is 0 Å². The number of ether oxygens (including phenoxy) is 1. The van der Waals surface area contributed by atoms with Gasteiger partial charge in [-0.25, -0.2) is 0 Å². The Balaban J connectivity index is 1.60.